The van der Waals surface area contributed by atoms with E-state index in [1.165, 1.54) is 0 Å². The summed E-state index contributed by atoms with van der Waals surface area (Å²) in [6, 6.07) is 9.67. The van der Waals surface area contributed by atoms with Crippen molar-refractivity contribution in [3.63, 3.8) is 0 Å². The monoisotopic (exact) mass is 382 g/mol. The molecule has 2 heterocycles. The maximum atomic E-state index is 12.6. The molecule has 0 saturated carbocycles. The van der Waals surface area contributed by atoms with Crippen LogP contribution in [0.4, 0.5) is 4.79 Å². The van der Waals surface area contributed by atoms with Crippen LogP contribution in [0.5, 0.6) is 0 Å². The van der Waals surface area contributed by atoms with E-state index in [9.17, 15) is 4.79 Å². The molecule has 0 unspecified atom stereocenters. The van der Waals surface area contributed by atoms with E-state index in [2.05, 4.69) is 20.6 Å². The smallest absolute Gasteiger partial charge is 0.318 e. The summed E-state index contributed by atoms with van der Waals surface area (Å²) in [6.07, 6.45) is 4.45. The molecular weight excluding hydrogens is 356 g/mol. The largest absolute Gasteiger partial charge is 0.337 e. The van der Waals surface area contributed by atoms with Crippen molar-refractivity contribution in [1.29, 1.82) is 0 Å². The van der Waals surface area contributed by atoms with Gasteiger partial charge in [-0.15, -0.1) is 0 Å². The van der Waals surface area contributed by atoms with Gasteiger partial charge in [-0.25, -0.2) is 4.79 Å². The molecule has 0 fully saturated rings. The second kappa shape index (κ2) is 9.16. The van der Waals surface area contributed by atoms with Gasteiger partial charge in [0.1, 0.15) is 6.54 Å². The van der Waals surface area contributed by atoms with Crippen LogP contribution in [-0.2, 0) is 13.1 Å². The standard InChI is InChI=1S/C20H26N6O2/c1-4-25(20(27)22-16(3)9-12-26-11-6-10-21-26)14-18-23-19(24-28-18)17-8-5-7-15(2)13-17/h5-8,10-11,13,16H,4,9,12,14H2,1-3H3,(H,22,27)/t16-/m0/s1. The number of hydrogen-bond acceptors (Lipinski definition) is 5. The molecule has 1 aromatic carbocycles. The van der Waals surface area contributed by atoms with Crippen LogP contribution in [-0.4, -0.2) is 43.4 Å². The topological polar surface area (TPSA) is 89.1 Å². The third kappa shape index (κ3) is 5.18. The van der Waals surface area contributed by atoms with Crippen LogP contribution in [0.15, 0.2) is 47.2 Å². The van der Waals surface area contributed by atoms with Crippen molar-refractivity contribution in [2.75, 3.05) is 6.54 Å². The molecule has 0 radical (unpaired) electrons. The van der Waals surface area contributed by atoms with E-state index in [0.29, 0.717) is 18.3 Å². The lowest BCUT2D eigenvalue weighted by Gasteiger charge is -2.22. The minimum absolute atomic E-state index is 0.0243. The number of aromatic nitrogens is 4. The highest BCUT2D eigenvalue weighted by atomic mass is 16.5. The van der Waals surface area contributed by atoms with Crippen LogP contribution in [0.1, 0.15) is 31.7 Å². The lowest BCUT2D eigenvalue weighted by Crippen LogP contribution is -2.43. The van der Waals surface area contributed by atoms with E-state index < -0.39 is 0 Å². The molecule has 0 aliphatic heterocycles. The van der Waals surface area contributed by atoms with Gasteiger partial charge in [-0.1, -0.05) is 28.9 Å². The Kier molecular flexibility index (Phi) is 6.41. The zero-order valence-electron chi connectivity index (χ0n) is 16.5. The molecule has 148 valence electrons. The van der Waals surface area contributed by atoms with E-state index in [1.54, 1.807) is 11.1 Å². The number of nitrogens with zero attached hydrogens (tertiary/aromatic N) is 5. The van der Waals surface area contributed by atoms with Crippen LogP contribution in [0, 0.1) is 6.92 Å². The lowest BCUT2D eigenvalue weighted by atomic mass is 10.1. The Labute approximate surface area is 164 Å². The van der Waals surface area contributed by atoms with Crippen molar-refractivity contribution in [3.8, 4) is 11.4 Å². The Morgan fingerprint density at radius 1 is 1.36 bits per heavy atom. The van der Waals surface area contributed by atoms with Crippen LogP contribution >= 0.6 is 0 Å². The number of hydrogen-bond donors (Lipinski definition) is 1. The minimum atomic E-state index is -0.147. The van der Waals surface area contributed by atoms with E-state index >= 15 is 0 Å². The van der Waals surface area contributed by atoms with Crippen molar-refractivity contribution in [1.82, 2.24) is 30.1 Å². The fourth-order valence-electron chi connectivity index (χ4n) is 2.84. The Morgan fingerprint density at radius 2 is 2.21 bits per heavy atom. The third-order valence-corrected chi connectivity index (χ3v) is 4.46. The molecular formula is C20H26N6O2. The Balaban J connectivity index is 1.55. The molecule has 0 spiro atoms. The summed E-state index contributed by atoms with van der Waals surface area (Å²) in [6.45, 7) is 7.49. The first-order valence-corrected chi connectivity index (χ1v) is 9.47. The number of carbonyl (C=O) groups excluding carboxylic acids is 1. The number of nitrogens with one attached hydrogen (secondary N) is 1. The molecule has 0 saturated heterocycles. The first kappa shape index (κ1) is 19.6. The molecule has 0 bridgehead atoms. The molecule has 1 N–H and O–H groups in total. The fraction of sp³-hybridized carbons (Fsp3) is 0.400. The van der Waals surface area contributed by atoms with Gasteiger partial charge in [0.25, 0.3) is 0 Å². The first-order chi connectivity index (χ1) is 13.5. The highest BCUT2D eigenvalue weighted by Gasteiger charge is 2.18. The summed E-state index contributed by atoms with van der Waals surface area (Å²) in [5.74, 6) is 0.945. The molecule has 0 aliphatic rings. The van der Waals surface area contributed by atoms with Crippen molar-refractivity contribution in [2.45, 2.75) is 46.3 Å². The van der Waals surface area contributed by atoms with Crippen molar-refractivity contribution in [2.24, 2.45) is 0 Å². The van der Waals surface area contributed by atoms with E-state index in [4.69, 9.17) is 4.52 Å². The average Bonchev–Trinajstić information content (AvgIpc) is 3.36. The summed E-state index contributed by atoms with van der Waals surface area (Å²) < 4.78 is 7.20. The molecule has 2 amide bonds. The second-order valence-electron chi connectivity index (χ2n) is 6.80. The quantitative estimate of drug-likeness (QED) is 0.646. The van der Waals surface area contributed by atoms with Crippen LogP contribution in [0.25, 0.3) is 11.4 Å². The summed E-state index contributed by atoms with van der Waals surface area (Å²) >= 11 is 0. The van der Waals surface area contributed by atoms with Crippen LogP contribution < -0.4 is 5.32 Å². The van der Waals surface area contributed by atoms with Crippen molar-refractivity contribution >= 4 is 6.03 Å². The molecule has 8 nitrogen and oxygen atoms in total. The molecule has 2 aromatic heterocycles. The van der Waals surface area contributed by atoms with Crippen molar-refractivity contribution < 1.29 is 9.32 Å². The number of carbonyl (C=O) groups is 1. The number of aryl methyl sites for hydroxylation is 2. The minimum Gasteiger partial charge on any atom is -0.337 e. The molecule has 0 aliphatic carbocycles. The number of urea groups is 1. The average molecular weight is 382 g/mol. The van der Waals surface area contributed by atoms with Gasteiger partial charge in [0, 0.05) is 37.1 Å². The Morgan fingerprint density at radius 3 is 2.93 bits per heavy atom. The van der Waals surface area contributed by atoms with E-state index in [1.807, 2.05) is 62.0 Å². The van der Waals surface area contributed by atoms with Crippen molar-refractivity contribution in [3.05, 3.63) is 54.2 Å². The van der Waals surface area contributed by atoms with Gasteiger partial charge in [-0.3, -0.25) is 4.68 Å². The number of amides is 2. The highest BCUT2D eigenvalue weighted by molar-refractivity contribution is 5.74. The van der Waals surface area contributed by atoms with Gasteiger partial charge in [-0.2, -0.15) is 10.1 Å². The number of benzene rings is 1. The van der Waals surface area contributed by atoms with E-state index in [-0.39, 0.29) is 18.6 Å². The molecule has 1 atom stereocenters. The van der Waals surface area contributed by atoms with Gasteiger partial charge in [-0.05, 0) is 39.3 Å². The predicted octanol–water partition coefficient (Wildman–Crippen LogP) is 3.25. The Hall–Kier alpha value is -3.16. The molecule has 8 heteroatoms. The summed E-state index contributed by atoms with van der Waals surface area (Å²) in [7, 11) is 0. The summed E-state index contributed by atoms with van der Waals surface area (Å²) in [5.41, 5.74) is 2.03. The summed E-state index contributed by atoms with van der Waals surface area (Å²) in [4.78, 5) is 18.7. The third-order valence-electron chi connectivity index (χ3n) is 4.46. The maximum Gasteiger partial charge on any atom is 0.318 e. The fourth-order valence-corrected chi connectivity index (χ4v) is 2.84. The number of rotatable bonds is 8. The van der Waals surface area contributed by atoms with Gasteiger partial charge in [0.2, 0.25) is 11.7 Å². The lowest BCUT2D eigenvalue weighted by molar-refractivity contribution is 0.185. The maximum absolute atomic E-state index is 12.6. The highest BCUT2D eigenvalue weighted by Crippen LogP contribution is 2.17. The predicted molar refractivity (Wildman–Crippen MR) is 105 cm³/mol. The van der Waals surface area contributed by atoms with Crippen LogP contribution in [0.3, 0.4) is 0 Å². The normalized spacial score (nSPS) is 12.0. The van der Waals surface area contributed by atoms with Gasteiger partial charge >= 0.3 is 6.03 Å². The zero-order chi connectivity index (χ0) is 19.9. The Bertz CT molecular complexity index is 890. The SMILES string of the molecule is CCN(Cc1nc(-c2cccc(C)c2)no1)C(=O)N[C@@H](C)CCn1cccn1. The molecule has 3 rings (SSSR count). The zero-order valence-corrected chi connectivity index (χ0v) is 16.5. The first-order valence-electron chi connectivity index (χ1n) is 9.47. The molecule has 3 aromatic rings. The second-order valence-corrected chi connectivity index (χ2v) is 6.80. The summed E-state index contributed by atoms with van der Waals surface area (Å²) in [5, 5.41) is 11.2. The van der Waals surface area contributed by atoms with Crippen LogP contribution in [0.2, 0.25) is 0 Å². The van der Waals surface area contributed by atoms with Gasteiger partial charge < -0.3 is 14.7 Å². The molecule has 28 heavy (non-hydrogen) atoms. The van der Waals surface area contributed by atoms with Gasteiger partial charge in [0.05, 0.1) is 0 Å². The van der Waals surface area contributed by atoms with Gasteiger partial charge in [0.15, 0.2) is 0 Å². The van der Waals surface area contributed by atoms with E-state index in [0.717, 1.165) is 24.1 Å².